The van der Waals surface area contributed by atoms with Crippen LogP contribution in [0.4, 0.5) is 14.4 Å². The predicted molar refractivity (Wildman–Crippen MR) is 349 cm³/mol. The first-order valence-corrected chi connectivity index (χ1v) is 36.1. The van der Waals surface area contributed by atoms with Gasteiger partial charge >= 0.3 is 66.0 Å². The molecule has 9 atom stereocenters. The van der Waals surface area contributed by atoms with Gasteiger partial charge in [0.05, 0.1) is 47.5 Å². The monoisotopic (exact) mass is 1370 g/mol. The van der Waals surface area contributed by atoms with Crippen LogP contribution in [0.25, 0.3) is 0 Å². The van der Waals surface area contributed by atoms with E-state index in [0.29, 0.717) is 64.2 Å². The molecule has 3 rings (SSSR count). The molecule has 0 aromatic heterocycles. The molecule has 96 heavy (non-hydrogen) atoms. The Morgan fingerprint density at radius 1 is 0.333 bits per heavy atom. The highest BCUT2D eigenvalue weighted by Crippen LogP contribution is 2.37. The normalized spacial score (nSPS) is 20.1. The van der Waals surface area contributed by atoms with Crippen molar-refractivity contribution in [2.45, 2.75) is 277 Å². The van der Waals surface area contributed by atoms with Crippen molar-refractivity contribution in [1.29, 1.82) is 0 Å². The minimum absolute atomic E-state index is 0.121. The van der Waals surface area contributed by atoms with Gasteiger partial charge in [-0.1, -0.05) is 181 Å². The van der Waals surface area contributed by atoms with Crippen molar-refractivity contribution >= 4 is 66.0 Å². The summed E-state index contributed by atoms with van der Waals surface area (Å²) in [5.74, 6) is -12.7. The fraction of sp³-hybridized carbons (Fsp3) is 0.843. The average Bonchev–Trinajstić information content (AvgIpc) is 0.872. The number of rotatable bonds is 51. The summed E-state index contributed by atoms with van der Waals surface area (Å²) >= 11 is 0. The Morgan fingerprint density at radius 2 is 0.583 bits per heavy atom. The summed E-state index contributed by atoms with van der Waals surface area (Å²) < 4.78 is 61.0. The van der Waals surface area contributed by atoms with E-state index in [9.17, 15) is 57.8 Å². The molecular formula is C70H117N3O23. The minimum atomic E-state index is -1.90. The van der Waals surface area contributed by atoms with Crippen molar-refractivity contribution in [3.8, 4) is 0 Å². The van der Waals surface area contributed by atoms with E-state index in [1.807, 2.05) is 0 Å². The second kappa shape index (κ2) is 49.9. The number of hydrogen-bond donors (Lipinski definition) is 4. The molecule has 0 aromatic rings. The molecule has 26 heteroatoms. The van der Waals surface area contributed by atoms with E-state index < -0.39 is 178 Å². The Kier molecular flexibility index (Phi) is 43.6. The van der Waals surface area contributed by atoms with Crippen molar-refractivity contribution in [2.75, 3.05) is 59.5 Å². The van der Waals surface area contributed by atoms with Gasteiger partial charge in [0.15, 0.2) is 12.2 Å². The van der Waals surface area contributed by atoms with E-state index in [4.69, 9.17) is 69.3 Å². The first kappa shape index (κ1) is 83.8. The maximum absolute atomic E-state index is 14.4. The lowest BCUT2D eigenvalue weighted by atomic mass is 9.79. The van der Waals surface area contributed by atoms with E-state index in [1.165, 1.54) is 6.42 Å². The van der Waals surface area contributed by atoms with Crippen molar-refractivity contribution in [1.82, 2.24) is 0 Å². The van der Waals surface area contributed by atoms with Gasteiger partial charge in [0.2, 0.25) is 0 Å². The molecule has 3 aliphatic carbocycles. The average molecular weight is 1370 g/mol. The molecule has 3 fully saturated rings. The zero-order valence-electron chi connectivity index (χ0n) is 57.9. The van der Waals surface area contributed by atoms with Crippen LogP contribution in [0.5, 0.6) is 0 Å². The number of carbonyl (C=O) groups is 11. The third-order valence-corrected chi connectivity index (χ3v) is 18.3. The summed E-state index contributed by atoms with van der Waals surface area (Å²) in [5.41, 5.74) is 13.9. The number of primary amides is 3. The number of carbonyl (C=O) groups excluding carboxylic acids is 11. The molecule has 0 heterocycles. The molecule has 0 saturated heterocycles. The first-order chi connectivity index (χ1) is 46.3. The number of esters is 8. The molecule has 0 aliphatic heterocycles. The summed E-state index contributed by atoms with van der Waals surface area (Å²) in [6.07, 6.45) is 19.8. The van der Waals surface area contributed by atoms with E-state index in [-0.39, 0.29) is 58.0 Å². The van der Waals surface area contributed by atoms with Crippen molar-refractivity contribution in [3.63, 3.8) is 0 Å². The quantitative estimate of drug-likeness (QED) is 0.0250. The van der Waals surface area contributed by atoms with Crippen LogP contribution in [0.3, 0.4) is 0 Å². The van der Waals surface area contributed by atoms with Crippen LogP contribution in [0, 0.1) is 40.9 Å². The number of aliphatic hydroxyl groups excluding tert-OH is 1. The number of hydrogen-bond acceptors (Lipinski definition) is 23. The van der Waals surface area contributed by atoms with Crippen LogP contribution >= 0.6 is 0 Å². The van der Waals surface area contributed by atoms with Gasteiger partial charge in [-0.05, 0) is 64.2 Å². The van der Waals surface area contributed by atoms with E-state index in [1.54, 1.807) is 0 Å². The Labute approximate surface area is 568 Å². The number of nitrogens with two attached hydrogens (primary N) is 3. The molecule has 0 aromatic carbocycles. The number of aliphatic hydroxyl groups is 1. The Hall–Kier alpha value is -6.47. The van der Waals surface area contributed by atoms with Crippen LogP contribution < -0.4 is 17.2 Å². The van der Waals surface area contributed by atoms with E-state index in [2.05, 4.69) is 20.8 Å². The molecule has 26 nitrogen and oxygen atoms in total. The Balaban J connectivity index is 1.87. The fourth-order valence-electron chi connectivity index (χ4n) is 12.5. The van der Waals surface area contributed by atoms with Gasteiger partial charge in [-0.3, -0.25) is 38.4 Å². The second-order valence-corrected chi connectivity index (χ2v) is 26.4. The zero-order valence-corrected chi connectivity index (χ0v) is 57.9. The summed E-state index contributed by atoms with van der Waals surface area (Å²) in [6, 6.07) is 0. The predicted octanol–water partition coefficient (Wildman–Crippen LogP) is 10.9. The molecule has 550 valence electrons. The van der Waals surface area contributed by atoms with E-state index in [0.717, 1.165) is 116 Å². The maximum atomic E-state index is 14.4. The SMILES string of the molecule is CCCCCCCCCCC(COC(N)=O)OC(=O)C1CCCCC1C(=O)OCC(CO)(COC(=O)C1CCCCC1C(=O)OC(COC(N)=O)COC(=O)CCCCCCCCC)COC(=O)C1CCCCC1C(=O)OC(COC(N)=O)COC(=O)CCCCCCCCC. The van der Waals surface area contributed by atoms with Gasteiger partial charge in [0.1, 0.15) is 59.0 Å². The third-order valence-electron chi connectivity index (χ3n) is 18.3. The molecule has 0 bridgehead atoms. The largest absolute Gasteiger partial charge is 0.464 e. The molecular weight excluding hydrogens is 1250 g/mol. The number of ether oxygens (including phenoxy) is 11. The van der Waals surface area contributed by atoms with Crippen molar-refractivity contribution in [3.05, 3.63) is 0 Å². The number of unbranched alkanes of at least 4 members (excludes halogenated alkanes) is 19. The van der Waals surface area contributed by atoms with Crippen molar-refractivity contribution < 1.29 is 110 Å². The highest BCUT2D eigenvalue weighted by atomic mass is 16.6. The second-order valence-electron chi connectivity index (χ2n) is 26.4. The molecule has 3 amide bonds. The standard InChI is InChI=1S/C70H117N3O23/c1-4-7-10-13-16-19-20-23-32-50(41-88-67(71)83)94-64(80)56-36-29-26-33-53(56)61(77)91-47-70(46-74,48-92-62(78)54-34-27-30-37-57(54)65(81)95-51(44-89-68(72)84)42-86-59(75)39-24-21-17-14-11-8-5-2)49-93-63(79)55-35-28-31-38-58(55)66(82)96-52(45-90-69(73)85)43-87-60(76)40-25-22-18-15-12-9-6-3/h50-58,74H,4-49H2,1-3H3,(H2,71,83)(H2,72,84)(H2,73,85). The third kappa shape index (κ3) is 35.2. The minimum Gasteiger partial charge on any atom is -0.464 e. The van der Waals surface area contributed by atoms with Crippen LogP contribution in [-0.2, 0) is 90.5 Å². The van der Waals surface area contributed by atoms with Crippen LogP contribution in [0.15, 0.2) is 0 Å². The smallest absolute Gasteiger partial charge is 0.404 e. The molecule has 9 unspecified atom stereocenters. The lowest BCUT2D eigenvalue weighted by Crippen LogP contribution is -2.46. The van der Waals surface area contributed by atoms with Gasteiger partial charge in [0.25, 0.3) is 0 Å². The number of amides is 3. The van der Waals surface area contributed by atoms with Gasteiger partial charge in [-0.25, -0.2) is 14.4 Å². The lowest BCUT2D eigenvalue weighted by molar-refractivity contribution is -0.181. The van der Waals surface area contributed by atoms with Gasteiger partial charge < -0.3 is 74.4 Å². The van der Waals surface area contributed by atoms with Crippen LogP contribution in [-0.4, -0.2) is 149 Å². The Morgan fingerprint density at radius 3 is 0.875 bits per heavy atom. The van der Waals surface area contributed by atoms with Crippen LogP contribution in [0.2, 0.25) is 0 Å². The molecule has 0 spiro atoms. The van der Waals surface area contributed by atoms with E-state index >= 15 is 0 Å². The van der Waals surface area contributed by atoms with Crippen LogP contribution in [0.1, 0.15) is 258 Å². The highest BCUT2D eigenvalue weighted by molar-refractivity contribution is 5.84. The summed E-state index contributed by atoms with van der Waals surface area (Å²) in [4.78, 5) is 146. The fourth-order valence-corrected chi connectivity index (χ4v) is 12.5. The summed E-state index contributed by atoms with van der Waals surface area (Å²) in [5, 5.41) is 11.4. The maximum Gasteiger partial charge on any atom is 0.404 e. The summed E-state index contributed by atoms with van der Waals surface area (Å²) in [7, 11) is 0. The summed E-state index contributed by atoms with van der Waals surface area (Å²) in [6.45, 7) is 0.922. The zero-order chi connectivity index (χ0) is 70.4. The highest BCUT2D eigenvalue weighted by Gasteiger charge is 2.46. The van der Waals surface area contributed by atoms with Gasteiger partial charge in [-0.2, -0.15) is 0 Å². The first-order valence-electron chi connectivity index (χ1n) is 36.1. The molecule has 3 saturated carbocycles. The molecule has 0 radical (unpaired) electrons. The Bertz CT molecular complexity index is 2220. The van der Waals surface area contributed by atoms with Gasteiger partial charge in [0, 0.05) is 12.8 Å². The lowest BCUT2D eigenvalue weighted by Gasteiger charge is -2.35. The molecule has 3 aliphatic rings. The van der Waals surface area contributed by atoms with Gasteiger partial charge in [-0.15, -0.1) is 0 Å². The topological polar surface area (TPSA) is 388 Å². The van der Waals surface area contributed by atoms with Crippen molar-refractivity contribution in [2.24, 2.45) is 58.1 Å². The molecule has 7 N–H and O–H groups in total.